The highest BCUT2D eigenvalue weighted by atomic mass is 16.6. The number of ether oxygens (including phenoxy) is 3. The van der Waals surface area contributed by atoms with Gasteiger partial charge in [-0.25, -0.2) is 0 Å². The molecule has 0 unspecified atom stereocenters. The molecule has 0 spiro atoms. The van der Waals surface area contributed by atoms with Gasteiger partial charge in [0.15, 0.2) is 6.10 Å². The first kappa shape index (κ1) is 54.1. The average Bonchev–Trinajstić information content (AvgIpc) is 3.21. The van der Waals surface area contributed by atoms with Gasteiger partial charge in [0, 0.05) is 19.3 Å². The number of carbonyl (C=O) groups is 3. The molecule has 0 radical (unpaired) electrons. The summed E-state index contributed by atoms with van der Waals surface area (Å²) in [5, 5.41) is 0. The molecule has 1 atom stereocenters. The van der Waals surface area contributed by atoms with E-state index in [-0.39, 0.29) is 31.1 Å². The number of unbranched alkanes of at least 4 members (excludes halogenated alkanes) is 21. The first-order valence-electron chi connectivity index (χ1n) is 23.8. The summed E-state index contributed by atoms with van der Waals surface area (Å²) >= 11 is 0. The van der Waals surface area contributed by atoms with Crippen LogP contribution in [-0.2, 0) is 28.6 Å². The fourth-order valence-corrected chi connectivity index (χ4v) is 6.47. The average molecular weight is 797 g/mol. The topological polar surface area (TPSA) is 78.9 Å². The minimum atomic E-state index is -0.781. The van der Waals surface area contributed by atoms with Crippen molar-refractivity contribution in [3.63, 3.8) is 0 Å². The second-order valence-corrected chi connectivity index (χ2v) is 15.6. The van der Waals surface area contributed by atoms with E-state index in [2.05, 4.69) is 81.5 Å². The molecule has 0 saturated carbocycles. The molecule has 6 heteroatoms. The van der Waals surface area contributed by atoms with Gasteiger partial charge < -0.3 is 14.2 Å². The zero-order chi connectivity index (χ0) is 41.5. The van der Waals surface area contributed by atoms with E-state index < -0.39 is 6.10 Å². The van der Waals surface area contributed by atoms with Crippen molar-refractivity contribution in [1.82, 2.24) is 0 Å². The van der Waals surface area contributed by atoms with Gasteiger partial charge in [-0.1, -0.05) is 204 Å². The van der Waals surface area contributed by atoms with E-state index in [1.54, 1.807) is 0 Å². The van der Waals surface area contributed by atoms with Gasteiger partial charge in [0.2, 0.25) is 0 Å². The predicted molar refractivity (Wildman–Crippen MR) is 242 cm³/mol. The van der Waals surface area contributed by atoms with E-state index in [9.17, 15) is 14.4 Å². The lowest BCUT2D eigenvalue weighted by atomic mass is 10.1. The van der Waals surface area contributed by atoms with E-state index in [0.717, 1.165) is 96.3 Å². The van der Waals surface area contributed by atoms with Crippen LogP contribution in [0.2, 0.25) is 0 Å². The van der Waals surface area contributed by atoms with Crippen LogP contribution in [0.25, 0.3) is 0 Å². The summed E-state index contributed by atoms with van der Waals surface area (Å²) in [5.74, 6) is -0.919. The predicted octanol–water partition coefficient (Wildman–Crippen LogP) is 15.3. The first-order valence-corrected chi connectivity index (χ1v) is 23.8. The van der Waals surface area contributed by atoms with Crippen LogP contribution in [0.4, 0.5) is 0 Å². The third-order valence-electron chi connectivity index (χ3n) is 10.0. The minimum Gasteiger partial charge on any atom is -0.462 e. The lowest BCUT2D eigenvalue weighted by molar-refractivity contribution is -0.167. The highest BCUT2D eigenvalue weighted by Gasteiger charge is 2.19. The van der Waals surface area contributed by atoms with Gasteiger partial charge in [0.25, 0.3) is 0 Å². The van der Waals surface area contributed by atoms with Gasteiger partial charge in [0.1, 0.15) is 13.2 Å². The number of allylic oxidation sites excluding steroid dienone is 10. The molecule has 57 heavy (non-hydrogen) atoms. The molecule has 0 amide bonds. The Balaban J connectivity index is 4.37. The van der Waals surface area contributed by atoms with Gasteiger partial charge in [0.05, 0.1) is 0 Å². The maximum atomic E-state index is 12.7. The molecule has 0 bridgehead atoms. The Kier molecular flexibility index (Phi) is 43.5. The van der Waals surface area contributed by atoms with E-state index in [1.165, 1.54) is 89.9 Å². The van der Waals surface area contributed by atoms with Crippen molar-refractivity contribution in [1.29, 1.82) is 0 Å². The van der Waals surface area contributed by atoms with Gasteiger partial charge in [-0.15, -0.1) is 0 Å². The highest BCUT2D eigenvalue weighted by Crippen LogP contribution is 2.14. The van der Waals surface area contributed by atoms with E-state index in [4.69, 9.17) is 14.2 Å². The molecule has 0 aromatic rings. The molecule has 0 aromatic heterocycles. The highest BCUT2D eigenvalue weighted by molar-refractivity contribution is 5.71. The van der Waals surface area contributed by atoms with Crippen LogP contribution in [0.1, 0.15) is 226 Å². The Bertz CT molecular complexity index is 1050. The van der Waals surface area contributed by atoms with Gasteiger partial charge >= 0.3 is 17.9 Å². The molecule has 0 fully saturated rings. The summed E-state index contributed by atoms with van der Waals surface area (Å²) in [4.78, 5) is 37.7. The number of esters is 3. The molecule has 0 aromatic carbocycles. The van der Waals surface area contributed by atoms with Crippen LogP contribution in [0.3, 0.4) is 0 Å². The van der Waals surface area contributed by atoms with Crippen molar-refractivity contribution in [2.75, 3.05) is 13.2 Å². The molecule has 328 valence electrons. The molecule has 0 aliphatic heterocycles. The Morgan fingerprint density at radius 1 is 0.368 bits per heavy atom. The molecule has 0 N–H and O–H groups in total. The lowest BCUT2D eigenvalue weighted by Gasteiger charge is -2.18. The summed E-state index contributed by atoms with van der Waals surface area (Å²) in [6.45, 7) is 6.46. The number of hydrogen-bond donors (Lipinski definition) is 0. The quantitative estimate of drug-likeness (QED) is 0.0265. The summed E-state index contributed by atoms with van der Waals surface area (Å²) < 4.78 is 16.7. The van der Waals surface area contributed by atoms with Crippen molar-refractivity contribution in [2.24, 2.45) is 0 Å². The SMILES string of the molecule is CC/C=C\C/C=C\C/C=C\C/C=C\C/C=C\CCCCCC(=O)OC[C@@H](COC(=O)CCCCCCCCCCC)OC(=O)CCCCCCCCCCCCC. The van der Waals surface area contributed by atoms with Crippen LogP contribution in [0.15, 0.2) is 60.8 Å². The van der Waals surface area contributed by atoms with Gasteiger partial charge in [-0.2, -0.15) is 0 Å². The number of hydrogen-bond acceptors (Lipinski definition) is 6. The zero-order valence-electron chi connectivity index (χ0n) is 37.3. The lowest BCUT2D eigenvalue weighted by Crippen LogP contribution is -2.30. The van der Waals surface area contributed by atoms with Crippen molar-refractivity contribution in [3.05, 3.63) is 60.8 Å². The normalized spacial score (nSPS) is 12.5. The second-order valence-electron chi connectivity index (χ2n) is 15.6. The maximum Gasteiger partial charge on any atom is 0.306 e. The van der Waals surface area contributed by atoms with Crippen LogP contribution < -0.4 is 0 Å². The molecule has 0 heterocycles. The molecule has 0 aliphatic rings. The Hall–Kier alpha value is -2.89. The zero-order valence-corrected chi connectivity index (χ0v) is 37.3. The number of carbonyl (C=O) groups excluding carboxylic acids is 3. The van der Waals surface area contributed by atoms with Crippen molar-refractivity contribution in [2.45, 2.75) is 232 Å². The fraction of sp³-hybridized carbons (Fsp3) is 0.745. The van der Waals surface area contributed by atoms with Crippen LogP contribution in [0.5, 0.6) is 0 Å². The second kappa shape index (κ2) is 45.8. The molecule has 6 nitrogen and oxygen atoms in total. The minimum absolute atomic E-state index is 0.0826. The Labute approximate surface area is 351 Å². The van der Waals surface area contributed by atoms with Crippen LogP contribution in [-0.4, -0.2) is 37.2 Å². The summed E-state index contributed by atoms with van der Waals surface area (Å²) in [7, 11) is 0. The van der Waals surface area contributed by atoms with Gasteiger partial charge in [-0.05, 0) is 64.2 Å². The van der Waals surface area contributed by atoms with E-state index in [0.29, 0.717) is 19.3 Å². The van der Waals surface area contributed by atoms with Crippen molar-refractivity contribution < 1.29 is 28.6 Å². The van der Waals surface area contributed by atoms with Crippen molar-refractivity contribution in [3.8, 4) is 0 Å². The molecule has 0 aliphatic carbocycles. The smallest absolute Gasteiger partial charge is 0.306 e. The third kappa shape index (κ3) is 44.1. The van der Waals surface area contributed by atoms with E-state index in [1.807, 2.05) is 0 Å². The Morgan fingerprint density at radius 2 is 0.684 bits per heavy atom. The first-order chi connectivity index (χ1) is 28.0. The fourth-order valence-electron chi connectivity index (χ4n) is 6.47. The van der Waals surface area contributed by atoms with Crippen molar-refractivity contribution >= 4 is 17.9 Å². The van der Waals surface area contributed by atoms with Crippen LogP contribution in [0, 0.1) is 0 Å². The summed E-state index contributed by atoms with van der Waals surface area (Å²) in [6, 6.07) is 0. The maximum absolute atomic E-state index is 12.7. The van der Waals surface area contributed by atoms with Gasteiger partial charge in [-0.3, -0.25) is 14.4 Å². The third-order valence-corrected chi connectivity index (χ3v) is 10.0. The van der Waals surface area contributed by atoms with Crippen LogP contribution >= 0.6 is 0 Å². The summed E-state index contributed by atoms with van der Waals surface area (Å²) in [6.07, 6.45) is 54.9. The molecule has 0 saturated heterocycles. The monoisotopic (exact) mass is 797 g/mol. The van der Waals surface area contributed by atoms with E-state index >= 15 is 0 Å². The number of rotatable bonds is 42. The largest absolute Gasteiger partial charge is 0.462 e. The summed E-state index contributed by atoms with van der Waals surface area (Å²) in [5.41, 5.74) is 0. The Morgan fingerprint density at radius 3 is 1.07 bits per heavy atom. The molecular formula is C51H88O6. The molecular weight excluding hydrogens is 709 g/mol. The standard InChI is InChI=1S/C51H88O6/c1-4-7-10-13-16-19-21-22-23-24-25-26-27-28-30-32-35-38-41-44-50(53)56-47-48(46-55-49(52)43-40-37-34-31-18-15-12-9-6-3)57-51(54)45-42-39-36-33-29-20-17-14-11-8-5-2/h7,10,16,19,22-23,25-26,28,30,48H,4-6,8-9,11-15,17-18,20-21,24,27,29,31-47H2,1-3H3/b10-7-,19-16-,23-22-,26-25-,30-28-/t48-/m1/s1. The molecule has 0 rings (SSSR count).